The van der Waals surface area contributed by atoms with Gasteiger partial charge in [0.15, 0.2) is 0 Å². The van der Waals surface area contributed by atoms with Crippen LogP contribution in [-0.2, 0) is 16.0 Å². The van der Waals surface area contributed by atoms with Crippen LogP contribution in [0.5, 0.6) is 0 Å². The van der Waals surface area contributed by atoms with Crippen molar-refractivity contribution in [2.24, 2.45) is 17.8 Å². The lowest BCUT2D eigenvalue weighted by molar-refractivity contribution is -0.151. The smallest absolute Gasteiger partial charge is 0.311 e. The Morgan fingerprint density at radius 1 is 1.50 bits per heavy atom. The zero-order valence-corrected chi connectivity index (χ0v) is 15.1. The maximum Gasteiger partial charge on any atom is 0.311 e. The number of rotatable bonds is 4. The Morgan fingerprint density at radius 2 is 2.31 bits per heavy atom. The van der Waals surface area contributed by atoms with Gasteiger partial charge in [-0.2, -0.15) is 0 Å². The zero-order valence-electron chi connectivity index (χ0n) is 15.1. The van der Waals surface area contributed by atoms with Crippen molar-refractivity contribution in [2.75, 3.05) is 26.8 Å². The van der Waals surface area contributed by atoms with Crippen LogP contribution in [0.3, 0.4) is 0 Å². The molecule has 1 saturated heterocycles. The summed E-state index contributed by atoms with van der Waals surface area (Å²) >= 11 is 0. The Morgan fingerprint density at radius 3 is 3.04 bits per heavy atom. The summed E-state index contributed by atoms with van der Waals surface area (Å²) in [6.45, 7) is 5.67. The van der Waals surface area contributed by atoms with Gasteiger partial charge < -0.3 is 14.8 Å². The van der Waals surface area contributed by atoms with Crippen molar-refractivity contribution in [3.63, 3.8) is 0 Å². The molecule has 0 amide bonds. The number of carbonyl (C=O) groups excluding carboxylic acids is 1. The molecule has 0 aliphatic carbocycles. The number of esters is 1. The molecule has 4 rings (SSSR count). The monoisotopic (exact) mass is 354 g/mol. The number of H-pyrrole nitrogens is 1. The van der Waals surface area contributed by atoms with E-state index in [1.165, 1.54) is 29.3 Å². The molecule has 4 atom stereocenters. The Labute approximate surface area is 153 Å². The second kappa shape index (κ2) is 6.89. The van der Waals surface area contributed by atoms with Crippen LogP contribution in [-0.4, -0.2) is 47.8 Å². The topological polar surface area (TPSA) is 65.6 Å². The first-order chi connectivity index (χ1) is 12.7. The highest BCUT2D eigenvalue weighted by Gasteiger charge is 2.43. The van der Waals surface area contributed by atoms with Gasteiger partial charge in [-0.05, 0) is 36.3 Å². The molecule has 5 heteroatoms. The number of fused-ring (bicyclic) bond motifs is 5. The van der Waals surface area contributed by atoms with Crippen molar-refractivity contribution in [1.29, 1.82) is 0 Å². The number of hydrogen-bond acceptors (Lipinski definition) is 4. The molecule has 2 aliphatic rings. The minimum atomic E-state index is -0.500. The summed E-state index contributed by atoms with van der Waals surface area (Å²) in [5.74, 6) is -0.623. The third kappa shape index (κ3) is 2.66. The third-order valence-electron chi connectivity index (χ3n) is 6.28. The molecule has 1 unspecified atom stereocenters. The minimum Gasteiger partial charge on any atom is -0.469 e. The van der Waals surface area contributed by atoms with E-state index in [1.807, 2.05) is 6.08 Å². The van der Waals surface area contributed by atoms with E-state index in [9.17, 15) is 9.90 Å². The van der Waals surface area contributed by atoms with Gasteiger partial charge in [-0.25, -0.2) is 0 Å². The summed E-state index contributed by atoms with van der Waals surface area (Å²) in [6, 6.07) is 8.68. The summed E-state index contributed by atoms with van der Waals surface area (Å²) in [6.07, 6.45) is 3.79. The Hall–Kier alpha value is -2.11. The number of aliphatic hydroxyl groups excluding tert-OH is 1. The molecule has 2 aromatic rings. The first-order valence-electron chi connectivity index (χ1n) is 9.32. The SMILES string of the molecule is C=C[C@H]1CN2CCc3c([nH]c4ccccc34)[C@@H]2C[C@@H]1C(CO)C(=O)OC. The summed E-state index contributed by atoms with van der Waals surface area (Å²) < 4.78 is 4.95. The molecule has 0 spiro atoms. The molecule has 1 fully saturated rings. The van der Waals surface area contributed by atoms with E-state index in [2.05, 4.69) is 40.7 Å². The van der Waals surface area contributed by atoms with Crippen molar-refractivity contribution in [2.45, 2.75) is 18.9 Å². The van der Waals surface area contributed by atoms with Crippen LogP contribution in [0, 0.1) is 17.8 Å². The van der Waals surface area contributed by atoms with Gasteiger partial charge >= 0.3 is 5.97 Å². The average molecular weight is 354 g/mol. The number of nitrogens with zero attached hydrogens (tertiary/aromatic N) is 1. The van der Waals surface area contributed by atoms with Crippen molar-refractivity contribution in [1.82, 2.24) is 9.88 Å². The Balaban J connectivity index is 1.71. The molecular weight excluding hydrogens is 328 g/mol. The molecule has 0 radical (unpaired) electrons. The number of piperidine rings is 1. The Bertz CT molecular complexity index is 828. The molecule has 3 heterocycles. The van der Waals surface area contributed by atoms with Crippen LogP contribution in [0.15, 0.2) is 36.9 Å². The van der Waals surface area contributed by atoms with E-state index in [4.69, 9.17) is 4.74 Å². The van der Waals surface area contributed by atoms with Crippen LogP contribution < -0.4 is 0 Å². The zero-order chi connectivity index (χ0) is 18.3. The predicted molar refractivity (Wildman–Crippen MR) is 101 cm³/mol. The van der Waals surface area contributed by atoms with Crippen LogP contribution in [0.1, 0.15) is 23.7 Å². The van der Waals surface area contributed by atoms with Crippen molar-refractivity contribution >= 4 is 16.9 Å². The van der Waals surface area contributed by atoms with Crippen LogP contribution in [0.2, 0.25) is 0 Å². The van der Waals surface area contributed by atoms with Gasteiger partial charge in [0.25, 0.3) is 0 Å². The van der Waals surface area contributed by atoms with Gasteiger partial charge in [-0.3, -0.25) is 9.69 Å². The van der Waals surface area contributed by atoms with Gasteiger partial charge in [0.05, 0.1) is 25.7 Å². The fourth-order valence-corrected chi connectivity index (χ4v) is 4.94. The number of nitrogens with one attached hydrogen (secondary N) is 1. The lowest BCUT2D eigenvalue weighted by Gasteiger charge is -2.47. The van der Waals surface area contributed by atoms with E-state index in [1.54, 1.807) is 0 Å². The van der Waals surface area contributed by atoms with Crippen molar-refractivity contribution < 1.29 is 14.6 Å². The number of methoxy groups -OCH3 is 1. The second-order valence-electron chi connectivity index (χ2n) is 7.43. The standard InChI is InChI=1S/C21H26N2O3/c1-3-13-11-23-9-8-15-14-6-4-5-7-18(14)22-20(15)19(23)10-16(13)17(12-24)21(25)26-2/h3-7,13,16-17,19,22,24H,1,8-12H2,2H3/t13-,16-,17?,19-/m0/s1. The second-order valence-corrected chi connectivity index (χ2v) is 7.43. The third-order valence-corrected chi connectivity index (χ3v) is 6.28. The van der Waals surface area contributed by atoms with Crippen LogP contribution in [0.4, 0.5) is 0 Å². The van der Waals surface area contributed by atoms with Gasteiger partial charge in [-0.1, -0.05) is 24.3 Å². The average Bonchev–Trinajstić information content (AvgIpc) is 3.07. The molecular formula is C21H26N2O3. The maximum atomic E-state index is 12.2. The molecule has 5 nitrogen and oxygen atoms in total. The number of carbonyl (C=O) groups is 1. The Kier molecular flexibility index (Phi) is 4.59. The number of aromatic amines is 1. The van der Waals surface area contributed by atoms with Gasteiger partial charge in [0, 0.05) is 29.7 Å². The van der Waals surface area contributed by atoms with Gasteiger partial charge in [0.1, 0.15) is 0 Å². The van der Waals surface area contributed by atoms with E-state index < -0.39 is 5.92 Å². The minimum absolute atomic E-state index is 0.0311. The largest absolute Gasteiger partial charge is 0.469 e. The summed E-state index contributed by atoms with van der Waals surface area (Å²) in [4.78, 5) is 18.3. The fourth-order valence-electron chi connectivity index (χ4n) is 4.94. The van der Waals surface area contributed by atoms with Crippen molar-refractivity contribution in [3.8, 4) is 0 Å². The van der Waals surface area contributed by atoms with Crippen molar-refractivity contribution in [3.05, 3.63) is 48.2 Å². The number of para-hydroxylation sites is 1. The number of ether oxygens (including phenoxy) is 1. The van der Waals surface area contributed by atoms with Gasteiger partial charge in [0.2, 0.25) is 0 Å². The maximum absolute atomic E-state index is 12.2. The first-order valence-corrected chi connectivity index (χ1v) is 9.32. The quantitative estimate of drug-likeness (QED) is 0.654. The van der Waals surface area contributed by atoms with Crippen LogP contribution in [0.25, 0.3) is 10.9 Å². The highest BCUT2D eigenvalue weighted by Crippen LogP contribution is 2.45. The molecule has 1 aromatic heterocycles. The lowest BCUT2D eigenvalue weighted by Crippen LogP contribution is -2.48. The van der Waals surface area contributed by atoms with E-state index in [-0.39, 0.29) is 30.5 Å². The number of aliphatic hydroxyl groups is 1. The number of aromatic nitrogens is 1. The molecule has 0 saturated carbocycles. The molecule has 138 valence electrons. The summed E-state index contributed by atoms with van der Waals surface area (Å²) in [5, 5.41) is 11.1. The fraction of sp³-hybridized carbons (Fsp3) is 0.476. The number of benzene rings is 1. The van der Waals surface area contributed by atoms with E-state index in [0.717, 1.165) is 25.9 Å². The normalized spacial score (nSPS) is 26.8. The lowest BCUT2D eigenvalue weighted by atomic mass is 9.72. The molecule has 2 aliphatic heterocycles. The predicted octanol–water partition coefficient (Wildman–Crippen LogP) is 2.67. The summed E-state index contributed by atoms with van der Waals surface area (Å²) in [7, 11) is 1.39. The molecule has 0 bridgehead atoms. The van der Waals surface area contributed by atoms with E-state index in [0.29, 0.717) is 0 Å². The molecule has 2 N–H and O–H groups in total. The molecule has 1 aromatic carbocycles. The van der Waals surface area contributed by atoms with E-state index >= 15 is 0 Å². The van der Waals surface area contributed by atoms with Crippen LogP contribution >= 0.6 is 0 Å². The first kappa shape index (κ1) is 17.3. The highest BCUT2D eigenvalue weighted by atomic mass is 16.5. The molecule has 26 heavy (non-hydrogen) atoms. The number of hydrogen-bond donors (Lipinski definition) is 2. The highest BCUT2D eigenvalue weighted by molar-refractivity contribution is 5.85. The van der Waals surface area contributed by atoms with Gasteiger partial charge in [-0.15, -0.1) is 6.58 Å². The summed E-state index contributed by atoms with van der Waals surface area (Å²) in [5.41, 5.74) is 3.84.